The van der Waals surface area contributed by atoms with E-state index in [2.05, 4.69) is 20.9 Å². The van der Waals surface area contributed by atoms with Crippen molar-refractivity contribution in [3.63, 3.8) is 0 Å². The molecule has 2 nitrogen and oxygen atoms in total. The normalized spacial score (nSPS) is 10.3. The monoisotopic (exact) mass is 303 g/mol. The van der Waals surface area contributed by atoms with E-state index in [4.69, 9.17) is 16.3 Å². The summed E-state index contributed by atoms with van der Waals surface area (Å²) < 4.78 is 6.54. The first kappa shape index (κ1) is 10.9. The Bertz CT molecular complexity index is 443. The molecule has 5 heteroatoms. The van der Waals surface area contributed by atoms with Crippen LogP contribution in [0.15, 0.2) is 34.2 Å². The van der Waals surface area contributed by atoms with Gasteiger partial charge in [-0.3, -0.25) is 0 Å². The van der Waals surface area contributed by atoms with Gasteiger partial charge < -0.3 is 4.74 Å². The summed E-state index contributed by atoms with van der Waals surface area (Å²) in [6, 6.07) is 7.28. The van der Waals surface area contributed by atoms with E-state index >= 15 is 0 Å². The van der Waals surface area contributed by atoms with Crippen LogP contribution in [-0.4, -0.2) is 4.98 Å². The fourth-order valence-electron chi connectivity index (χ4n) is 1.03. The lowest BCUT2D eigenvalue weighted by atomic mass is 10.3. The minimum atomic E-state index is 0.484. The number of ether oxygens (including phenoxy) is 1. The molecule has 2 rings (SSSR count). The topological polar surface area (TPSA) is 22.1 Å². The average molecular weight is 305 g/mol. The molecule has 1 heterocycles. The molecule has 0 saturated carbocycles. The van der Waals surface area contributed by atoms with Crippen LogP contribution in [-0.2, 0) is 6.61 Å². The van der Waals surface area contributed by atoms with Gasteiger partial charge in [-0.2, -0.15) is 0 Å². The molecule has 78 valence electrons. The Kier molecular flexibility index (Phi) is 3.61. The Hall–Kier alpha value is -0.580. The Balaban J connectivity index is 1.96. The van der Waals surface area contributed by atoms with Gasteiger partial charge in [0.2, 0.25) is 0 Å². The molecule has 1 aromatic carbocycles. The smallest absolute Gasteiger partial charge is 0.140 e. The first-order chi connectivity index (χ1) is 7.24. The molecule has 0 N–H and O–H groups in total. The van der Waals surface area contributed by atoms with E-state index in [0.29, 0.717) is 11.6 Å². The molecule has 0 unspecified atom stereocenters. The van der Waals surface area contributed by atoms with E-state index in [1.54, 1.807) is 29.7 Å². The van der Waals surface area contributed by atoms with Gasteiger partial charge >= 0.3 is 0 Å². The second-order valence-corrected chi connectivity index (χ2v) is 5.73. The summed E-state index contributed by atoms with van der Waals surface area (Å²) >= 11 is 10.7. The molecule has 1 aromatic heterocycles. The predicted molar refractivity (Wildman–Crippen MR) is 65.6 cm³/mol. The first-order valence-electron chi connectivity index (χ1n) is 4.22. The lowest BCUT2D eigenvalue weighted by Gasteiger charge is -2.03. The molecule has 0 fully saturated rings. The maximum absolute atomic E-state index is 5.76. The molecule has 0 spiro atoms. The van der Waals surface area contributed by atoms with Gasteiger partial charge in [-0.15, -0.1) is 11.3 Å². The number of aromatic nitrogens is 1. The zero-order chi connectivity index (χ0) is 10.7. The fraction of sp³-hybridized carbons (Fsp3) is 0.100. The van der Waals surface area contributed by atoms with Crippen LogP contribution in [0.1, 0.15) is 5.01 Å². The van der Waals surface area contributed by atoms with Crippen molar-refractivity contribution in [3.8, 4) is 5.75 Å². The zero-order valence-electron chi connectivity index (χ0n) is 7.61. The highest BCUT2D eigenvalue weighted by Crippen LogP contribution is 2.21. The van der Waals surface area contributed by atoms with Gasteiger partial charge in [0.05, 0.1) is 9.98 Å². The van der Waals surface area contributed by atoms with Crippen molar-refractivity contribution in [1.82, 2.24) is 4.98 Å². The Morgan fingerprint density at radius 3 is 2.67 bits per heavy atom. The summed E-state index contributed by atoms with van der Waals surface area (Å²) in [5, 5.41) is 1.65. The van der Waals surface area contributed by atoms with Gasteiger partial charge in [-0.25, -0.2) is 4.98 Å². The summed E-state index contributed by atoms with van der Waals surface area (Å²) in [6.45, 7) is 0.484. The van der Waals surface area contributed by atoms with Crippen LogP contribution < -0.4 is 4.74 Å². The van der Waals surface area contributed by atoms with Crippen molar-refractivity contribution in [2.24, 2.45) is 0 Å². The molecule has 15 heavy (non-hydrogen) atoms. The standard InChI is InChI=1S/C10H7BrClNOS/c11-9-5-13-10(15-9)6-14-8-3-1-7(12)2-4-8/h1-5H,6H2. The molecule has 0 bridgehead atoms. The second kappa shape index (κ2) is 4.96. The van der Waals surface area contributed by atoms with Crippen molar-refractivity contribution < 1.29 is 4.74 Å². The van der Waals surface area contributed by atoms with Crippen LogP contribution in [0.2, 0.25) is 5.02 Å². The van der Waals surface area contributed by atoms with Crippen molar-refractivity contribution in [3.05, 3.63) is 44.3 Å². The third kappa shape index (κ3) is 3.19. The van der Waals surface area contributed by atoms with E-state index in [1.807, 2.05) is 12.1 Å². The van der Waals surface area contributed by atoms with Crippen LogP contribution in [0.3, 0.4) is 0 Å². The molecule has 0 radical (unpaired) electrons. The number of hydrogen-bond acceptors (Lipinski definition) is 3. The number of halogens is 2. The van der Waals surface area contributed by atoms with E-state index < -0.39 is 0 Å². The van der Waals surface area contributed by atoms with Gasteiger partial charge in [0.25, 0.3) is 0 Å². The molecule has 0 saturated heterocycles. The fourth-order valence-corrected chi connectivity index (χ4v) is 2.37. The zero-order valence-corrected chi connectivity index (χ0v) is 10.8. The largest absolute Gasteiger partial charge is 0.486 e. The number of nitrogens with zero attached hydrogens (tertiary/aromatic N) is 1. The van der Waals surface area contributed by atoms with E-state index in [0.717, 1.165) is 14.5 Å². The molecule has 0 aliphatic carbocycles. The Labute approximate surface area is 105 Å². The molecule has 0 atom stereocenters. The summed E-state index contributed by atoms with van der Waals surface area (Å²) in [6.07, 6.45) is 1.77. The van der Waals surface area contributed by atoms with Crippen LogP contribution in [0.4, 0.5) is 0 Å². The quantitative estimate of drug-likeness (QED) is 0.850. The van der Waals surface area contributed by atoms with Gasteiger partial charge in [0, 0.05) is 5.02 Å². The SMILES string of the molecule is Clc1ccc(OCc2ncc(Br)s2)cc1. The molecular formula is C10H7BrClNOS. The second-order valence-electron chi connectivity index (χ2n) is 2.80. The van der Waals surface area contributed by atoms with Crippen molar-refractivity contribution in [1.29, 1.82) is 0 Å². The highest BCUT2D eigenvalue weighted by Gasteiger charge is 2.00. The van der Waals surface area contributed by atoms with Crippen molar-refractivity contribution in [2.75, 3.05) is 0 Å². The number of thiazole rings is 1. The maximum Gasteiger partial charge on any atom is 0.140 e. The maximum atomic E-state index is 5.76. The van der Waals surface area contributed by atoms with Crippen molar-refractivity contribution >= 4 is 38.9 Å². The average Bonchev–Trinajstić information content (AvgIpc) is 2.64. The van der Waals surface area contributed by atoms with E-state index in [1.165, 1.54) is 0 Å². The molecule has 2 aromatic rings. The minimum Gasteiger partial charge on any atom is -0.486 e. The predicted octanol–water partition coefficient (Wildman–Crippen LogP) is 4.14. The van der Waals surface area contributed by atoms with Gasteiger partial charge in [-0.1, -0.05) is 11.6 Å². The van der Waals surface area contributed by atoms with Crippen LogP contribution >= 0.6 is 38.9 Å². The third-order valence-corrected chi connectivity index (χ3v) is 3.40. The minimum absolute atomic E-state index is 0.484. The highest BCUT2D eigenvalue weighted by molar-refractivity contribution is 9.11. The Morgan fingerprint density at radius 1 is 1.33 bits per heavy atom. The molecule has 0 aliphatic rings. The van der Waals surface area contributed by atoms with Crippen LogP contribution in [0, 0.1) is 0 Å². The Morgan fingerprint density at radius 2 is 2.07 bits per heavy atom. The first-order valence-corrected chi connectivity index (χ1v) is 6.21. The number of rotatable bonds is 3. The summed E-state index contributed by atoms with van der Waals surface area (Å²) in [5.41, 5.74) is 0. The molecular weight excluding hydrogens is 298 g/mol. The highest BCUT2D eigenvalue weighted by atomic mass is 79.9. The molecule has 0 amide bonds. The van der Waals surface area contributed by atoms with Gasteiger partial charge in [0.15, 0.2) is 0 Å². The van der Waals surface area contributed by atoms with Gasteiger partial charge in [0.1, 0.15) is 17.4 Å². The number of hydrogen-bond donors (Lipinski definition) is 0. The van der Waals surface area contributed by atoms with Gasteiger partial charge in [-0.05, 0) is 40.2 Å². The lowest BCUT2D eigenvalue weighted by Crippen LogP contribution is -1.93. The van der Waals surface area contributed by atoms with Crippen LogP contribution in [0.25, 0.3) is 0 Å². The summed E-state index contributed by atoms with van der Waals surface area (Å²) in [5.74, 6) is 0.797. The van der Waals surface area contributed by atoms with Crippen LogP contribution in [0.5, 0.6) is 5.75 Å². The van der Waals surface area contributed by atoms with Crippen molar-refractivity contribution in [2.45, 2.75) is 6.61 Å². The third-order valence-electron chi connectivity index (χ3n) is 1.70. The van der Waals surface area contributed by atoms with E-state index in [-0.39, 0.29) is 0 Å². The summed E-state index contributed by atoms with van der Waals surface area (Å²) in [4.78, 5) is 4.17. The lowest BCUT2D eigenvalue weighted by molar-refractivity contribution is 0.305. The molecule has 0 aliphatic heterocycles. The number of benzene rings is 1. The van der Waals surface area contributed by atoms with E-state index in [9.17, 15) is 0 Å². The summed E-state index contributed by atoms with van der Waals surface area (Å²) in [7, 11) is 0.